The van der Waals surface area contributed by atoms with Crippen LogP contribution in [0.15, 0.2) is 5.38 Å². The van der Waals surface area contributed by atoms with Crippen molar-refractivity contribution in [2.24, 2.45) is 5.92 Å². The molecule has 1 aliphatic carbocycles. The summed E-state index contributed by atoms with van der Waals surface area (Å²) in [5, 5.41) is 7.18. The number of hydrogen-bond donors (Lipinski definition) is 1. The Bertz CT molecular complexity index is 330. The van der Waals surface area contributed by atoms with Crippen LogP contribution in [0.2, 0.25) is 0 Å². The highest BCUT2D eigenvalue weighted by Crippen LogP contribution is 2.35. The maximum Gasteiger partial charge on any atom is 0.0926 e. The van der Waals surface area contributed by atoms with E-state index in [0.29, 0.717) is 12.1 Å². The molecule has 0 radical (unpaired) electrons. The molecule has 1 aromatic heterocycles. The van der Waals surface area contributed by atoms with Gasteiger partial charge < -0.3 is 5.32 Å². The van der Waals surface area contributed by atoms with Crippen LogP contribution >= 0.6 is 11.3 Å². The number of nitrogens with zero attached hydrogens (tertiary/aromatic N) is 1. The Labute approximate surface area is 102 Å². The lowest BCUT2D eigenvalue weighted by atomic mass is 10.1. The number of hydrogen-bond acceptors (Lipinski definition) is 3. The fourth-order valence-corrected chi connectivity index (χ4v) is 3.02. The molecule has 1 fully saturated rings. The largest absolute Gasteiger partial charge is 0.306 e. The molecule has 1 N–H and O–H groups in total. The van der Waals surface area contributed by atoms with Crippen molar-refractivity contribution in [2.75, 3.05) is 0 Å². The van der Waals surface area contributed by atoms with Gasteiger partial charge in [-0.25, -0.2) is 4.98 Å². The molecule has 0 saturated heterocycles. The van der Waals surface area contributed by atoms with Gasteiger partial charge in [0.05, 0.1) is 10.7 Å². The first-order chi connectivity index (χ1) is 7.74. The van der Waals surface area contributed by atoms with Gasteiger partial charge in [-0.15, -0.1) is 11.3 Å². The van der Waals surface area contributed by atoms with Crippen molar-refractivity contribution in [1.82, 2.24) is 10.3 Å². The van der Waals surface area contributed by atoms with Gasteiger partial charge in [0.25, 0.3) is 0 Å². The standard InChI is InChI=1S/C13H22N2S/c1-4-11(10-6-7-10)14-9(3)12-8-16-13(5-2)15-12/h8-11,14H,4-7H2,1-3H3. The molecule has 1 aliphatic rings. The Kier molecular flexibility index (Phi) is 3.98. The van der Waals surface area contributed by atoms with Crippen molar-refractivity contribution < 1.29 is 0 Å². The number of nitrogens with one attached hydrogen (secondary N) is 1. The fourth-order valence-electron chi connectivity index (χ4n) is 2.18. The van der Waals surface area contributed by atoms with Crippen molar-refractivity contribution in [3.05, 3.63) is 16.1 Å². The molecule has 0 bridgehead atoms. The van der Waals surface area contributed by atoms with Crippen LogP contribution in [0.5, 0.6) is 0 Å². The molecule has 1 saturated carbocycles. The van der Waals surface area contributed by atoms with Gasteiger partial charge in [0.2, 0.25) is 0 Å². The lowest BCUT2D eigenvalue weighted by Crippen LogP contribution is -2.32. The lowest BCUT2D eigenvalue weighted by Gasteiger charge is -2.20. The normalized spacial score (nSPS) is 19.7. The number of aryl methyl sites for hydroxylation is 1. The Morgan fingerprint density at radius 2 is 2.25 bits per heavy atom. The van der Waals surface area contributed by atoms with Gasteiger partial charge in [-0.05, 0) is 38.5 Å². The smallest absolute Gasteiger partial charge is 0.0926 e. The lowest BCUT2D eigenvalue weighted by molar-refractivity contribution is 0.401. The van der Waals surface area contributed by atoms with Gasteiger partial charge in [0, 0.05) is 17.5 Å². The summed E-state index contributed by atoms with van der Waals surface area (Å²) in [5.41, 5.74) is 1.22. The van der Waals surface area contributed by atoms with E-state index in [0.717, 1.165) is 12.3 Å². The average Bonchev–Trinajstić information content (AvgIpc) is 3.02. The van der Waals surface area contributed by atoms with Crippen LogP contribution in [-0.4, -0.2) is 11.0 Å². The van der Waals surface area contributed by atoms with Crippen LogP contribution in [-0.2, 0) is 6.42 Å². The van der Waals surface area contributed by atoms with Crippen molar-refractivity contribution in [1.29, 1.82) is 0 Å². The third-order valence-corrected chi connectivity index (χ3v) is 4.42. The molecule has 2 rings (SSSR count). The summed E-state index contributed by atoms with van der Waals surface area (Å²) < 4.78 is 0. The fraction of sp³-hybridized carbons (Fsp3) is 0.769. The van der Waals surface area contributed by atoms with Crippen molar-refractivity contribution >= 4 is 11.3 Å². The number of thiazole rings is 1. The molecule has 2 nitrogen and oxygen atoms in total. The summed E-state index contributed by atoms with van der Waals surface area (Å²) in [7, 11) is 0. The SMILES string of the molecule is CCc1nc(C(C)NC(CC)C2CC2)cs1. The molecule has 1 aromatic rings. The number of rotatable bonds is 6. The van der Waals surface area contributed by atoms with Gasteiger partial charge in [-0.1, -0.05) is 13.8 Å². The second-order valence-corrected chi connectivity index (χ2v) is 5.70. The maximum absolute atomic E-state index is 4.65. The summed E-state index contributed by atoms with van der Waals surface area (Å²) in [5.74, 6) is 0.928. The van der Waals surface area contributed by atoms with E-state index in [9.17, 15) is 0 Å². The third-order valence-electron chi connectivity index (χ3n) is 3.41. The van der Waals surface area contributed by atoms with Crippen molar-refractivity contribution in [3.63, 3.8) is 0 Å². The molecule has 2 atom stereocenters. The minimum atomic E-state index is 0.405. The monoisotopic (exact) mass is 238 g/mol. The van der Waals surface area contributed by atoms with E-state index in [1.54, 1.807) is 11.3 Å². The van der Waals surface area contributed by atoms with Crippen LogP contribution in [0, 0.1) is 5.92 Å². The van der Waals surface area contributed by atoms with E-state index >= 15 is 0 Å². The summed E-state index contributed by atoms with van der Waals surface area (Å²) >= 11 is 1.79. The van der Waals surface area contributed by atoms with Gasteiger partial charge in [0.15, 0.2) is 0 Å². The van der Waals surface area contributed by atoms with E-state index in [1.165, 1.54) is 30.0 Å². The minimum absolute atomic E-state index is 0.405. The van der Waals surface area contributed by atoms with Gasteiger partial charge in [0.1, 0.15) is 0 Å². The predicted molar refractivity (Wildman–Crippen MR) is 69.8 cm³/mol. The summed E-state index contributed by atoms with van der Waals surface area (Å²) in [6.07, 6.45) is 5.11. The van der Waals surface area contributed by atoms with Crippen molar-refractivity contribution in [3.8, 4) is 0 Å². The van der Waals surface area contributed by atoms with Crippen LogP contribution in [0.4, 0.5) is 0 Å². The second kappa shape index (κ2) is 5.28. The summed E-state index contributed by atoms with van der Waals surface area (Å²) in [6, 6.07) is 1.10. The van der Waals surface area contributed by atoms with Gasteiger partial charge in [-0.3, -0.25) is 0 Å². The average molecular weight is 238 g/mol. The molecule has 0 aliphatic heterocycles. The van der Waals surface area contributed by atoms with Crippen LogP contribution in [0.3, 0.4) is 0 Å². The second-order valence-electron chi connectivity index (χ2n) is 4.76. The minimum Gasteiger partial charge on any atom is -0.306 e. The molecular formula is C13H22N2S. The zero-order chi connectivity index (χ0) is 11.5. The Balaban J connectivity index is 1.92. The first kappa shape index (κ1) is 12.1. The quantitative estimate of drug-likeness (QED) is 0.820. The van der Waals surface area contributed by atoms with E-state index in [-0.39, 0.29) is 0 Å². The molecule has 0 spiro atoms. The maximum atomic E-state index is 4.65. The molecule has 0 amide bonds. The first-order valence-corrected chi connectivity index (χ1v) is 7.32. The first-order valence-electron chi connectivity index (χ1n) is 6.44. The van der Waals surface area contributed by atoms with Crippen LogP contribution < -0.4 is 5.32 Å². The summed E-state index contributed by atoms with van der Waals surface area (Å²) in [6.45, 7) is 6.68. The zero-order valence-electron chi connectivity index (χ0n) is 10.5. The summed E-state index contributed by atoms with van der Waals surface area (Å²) in [4.78, 5) is 4.65. The number of aromatic nitrogens is 1. The topological polar surface area (TPSA) is 24.9 Å². The third kappa shape index (κ3) is 2.83. The molecule has 3 heteroatoms. The van der Waals surface area contributed by atoms with Crippen LogP contribution in [0.25, 0.3) is 0 Å². The highest BCUT2D eigenvalue weighted by atomic mass is 32.1. The van der Waals surface area contributed by atoms with E-state index in [1.807, 2.05) is 0 Å². The Morgan fingerprint density at radius 1 is 1.50 bits per heavy atom. The predicted octanol–water partition coefficient (Wildman–Crippen LogP) is 3.54. The molecule has 2 unspecified atom stereocenters. The van der Waals surface area contributed by atoms with Gasteiger partial charge in [-0.2, -0.15) is 0 Å². The van der Waals surface area contributed by atoms with Crippen LogP contribution in [0.1, 0.15) is 56.8 Å². The molecular weight excluding hydrogens is 216 g/mol. The molecule has 0 aromatic carbocycles. The zero-order valence-corrected chi connectivity index (χ0v) is 11.3. The van der Waals surface area contributed by atoms with E-state index < -0.39 is 0 Å². The van der Waals surface area contributed by atoms with E-state index in [2.05, 4.69) is 36.5 Å². The Hall–Kier alpha value is -0.410. The highest BCUT2D eigenvalue weighted by Gasteiger charge is 2.30. The highest BCUT2D eigenvalue weighted by molar-refractivity contribution is 7.09. The molecule has 16 heavy (non-hydrogen) atoms. The van der Waals surface area contributed by atoms with Gasteiger partial charge >= 0.3 is 0 Å². The van der Waals surface area contributed by atoms with Crippen molar-refractivity contribution in [2.45, 2.75) is 58.5 Å². The molecule has 1 heterocycles. The molecule has 90 valence electrons. The van der Waals surface area contributed by atoms with E-state index in [4.69, 9.17) is 0 Å². The Morgan fingerprint density at radius 3 is 2.75 bits per heavy atom.